The van der Waals surface area contributed by atoms with E-state index in [1.54, 1.807) is 6.07 Å². The number of carboxylic acid groups (broad SMARTS) is 1. The van der Waals surface area contributed by atoms with Crippen molar-refractivity contribution in [2.24, 2.45) is 5.92 Å². The van der Waals surface area contributed by atoms with E-state index in [4.69, 9.17) is 14.6 Å². The van der Waals surface area contributed by atoms with Gasteiger partial charge in [0.1, 0.15) is 11.5 Å². The third-order valence-corrected chi connectivity index (χ3v) is 3.67. The number of hydrogen-bond acceptors (Lipinski definition) is 5. The van der Waals surface area contributed by atoms with Crippen molar-refractivity contribution in [2.75, 3.05) is 12.4 Å². The number of benzene rings is 1. The van der Waals surface area contributed by atoms with Gasteiger partial charge in [-0.2, -0.15) is 0 Å². The van der Waals surface area contributed by atoms with Gasteiger partial charge in [0.2, 0.25) is 0 Å². The molecule has 0 fully saturated rings. The van der Waals surface area contributed by atoms with Gasteiger partial charge in [-0.15, -0.1) is 0 Å². The zero-order valence-corrected chi connectivity index (χ0v) is 13.9. The van der Waals surface area contributed by atoms with Crippen LogP contribution in [0.15, 0.2) is 12.1 Å². The van der Waals surface area contributed by atoms with Crippen molar-refractivity contribution in [1.29, 1.82) is 0 Å². The monoisotopic (exact) mass is 335 g/mol. The Bertz CT molecular complexity index is 667. The Labute approximate surface area is 139 Å². The fourth-order valence-electron chi connectivity index (χ4n) is 2.50. The molecule has 0 aromatic heterocycles. The minimum absolute atomic E-state index is 0.144. The predicted molar refractivity (Wildman–Crippen MR) is 86.7 cm³/mol. The maximum absolute atomic E-state index is 12.2. The van der Waals surface area contributed by atoms with Crippen molar-refractivity contribution in [3.8, 4) is 11.5 Å². The van der Waals surface area contributed by atoms with Crippen LogP contribution in [0.3, 0.4) is 0 Å². The lowest BCUT2D eigenvalue weighted by atomic mass is 10.0. The van der Waals surface area contributed by atoms with Gasteiger partial charge in [0.05, 0.1) is 24.8 Å². The van der Waals surface area contributed by atoms with Crippen molar-refractivity contribution < 1.29 is 29.0 Å². The van der Waals surface area contributed by atoms with Crippen molar-refractivity contribution >= 4 is 23.3 Å². The van der Waals surface area contributed by atoms with Crippen LogP contribution in [0.2, 0.25) is 0 Å². The molecule has 2 rings (SSSR count). The van der Waals surface area contributed by atoms with Crippen LogP contribution in [0, 0.1) is 5.92 Å². The highest BCUT2D eigenvalue weighted by Gasteiger charge is 2.30. The van der Waals surface area contributed by atoms with Crippen molar-refractivity contribution in [3.63, 3.8) is 0 Å². The Morgan fingerprint density at radius 3 is 2.62 bits per heavy atom. The molecule has 1 amide bonds. The first-order chi connectivity index (χ1) is 11.3. The first kappa shape index (κ1) is 17.8. The Morgan fingerprint density at radius 2 is 2.04 bits per heavy atom. The number of carbonyl (C=O) groups is 3. The minimum Gasteiger partial charge on any atom is -0.496 e. The number of fused-ring (bicyclic) bond motifs is 1. The third kappa shape index (κ3) is 4.04. The number of ether oxygens (including phenoxy) is 2. The number of aliphatic carboxylic acids is 1. The van der Waals surface area contributed by atoms with Crippen LogP contribution in [0.5, 0.6) is 11.5 Å². The van der Waals surface area contributed by atoms with Crippen LogP contribution in [-0.4, -0.2) is 36.0 Å². The fourth-order valence-corrected chi connectivity index (χ4v) is 2.50. The SMILES string of the molecule is COc1cc2c(cc1C(=O)CCC(=O)O)NC(=O)C(CC(C)C)O2. The van der Waals surface area contributed by atoms with Crippen LogP contribution in [0.25, 0.3) is 0 Å². The summed E-state index contributed by atoms with van der Waals surface area (Å²) in [7, 11) is 1.42. The highest BCUT2D eigenvalue weighted by atomic mass is 16.5. The van der Waals surface area contributed by atoms with E-state index in [-0.39, 0.29) is 30.1 Å². The second-order valence-electron chi connectivity index (χ2n) is 6.09. The van der Waals surface area contributed by atoms with Crippen LogP contribution in [0.1, 0.15) is 43.5 Å². The minimum atomic E-state index is -1.05. The average Bonchev–Trinajstić information content (AvgIpc) is 2.51. The largest absolute Gasteiger partial charge is 0.496 e. The van der Waals surface area contributed by atoms with Gasteiger partial charge >= 0.3 is 5.97 Å². The summed E-state index contributed by atoms with van der Waals surface area (Å²) in [5, 5.41) is 11.4. The number of methoxy groups -OCH3 is 1. The third-order valence-electron chi connectivity index (χ3n) is 3.67. The molecule has 0 saturated heterocycles. The fraction of sp³-hybridized carbons (Fsp3) is 0.471. The molecule has 0 bridgehead atoms. The van der Waals surface area contributed by atoms with E-state index in [9.17, 15) is 14.4 Å². The van der Waals surface area contributed by atoms with Crippen molar-refractivity contribution in [2.45, 2.75) is 39.2 Å². The van der Waals surface area contributed by atoms with E-state index in [2.05, 4.69) is 5.32 Å². The number of ketones is 1. The number of hydrogen-bond donors (Lipinski definition) is 2. The number of nitrogens with one attached hydrogen (secondary N) is 1. The normalized spacial score (nSPS) is 16.2. The molecule has 0 radical (unpaired) electrons. The highest BCUT2D eigenvalue weighted by Crippen LogP contribution is 2.37. The second kappa shape index (κ2) is 7.33. The van der Waals surface area contributed by atoms with Gasteiger partial charge in [-0.3, -0.25) is 14.4 Å². The summed E-state index contributed by atoms with van der Waals surface area (Å²) in [4.78, 5) is 35.0. The Morgan fingerprint density at radius 1 is 1.33 bits per heavy atom. The molecule has 130 valence electrons. The van der Waals surface area contributed by atoms with E-state index in [0.29, 0.717) is 29.5 Å². The van der Waals surface area contributed by atoms with E-state index in [1.807, 2.05) is 13.8 Å². The molecule has 0 saturated carbocycles. The number of carbonyl (C=O) groups excluding carboxylic acids is 2. The topological polar surface area (TPSA) is 102 Å². The number of carboxylic acids is 1. The zero-order chi connectivity index (χ0) is 17.9. The summed E-state index contributed by atoms with van der Waals surface area (Å²) >= 11 is 0. The first-order valence-corrected chi connectivity index (χ1v) is 7.76. The van der Waals surface area contributed by atoms with Gasteiger partial charge in [0, 0.05) is 12.5 Å². The van der Waals surface area contributed by atoms with Gasteiger partial charge in [0.25, 0.3) is 5.91 Å². The molecule has 1 heterocycles. The Balaban J connectivity index is 2.29. The lowest BCUT2D eigenvalue weighted by molar-refractivity contribution is -0.137. The van der Waals surface area contributed by atoms with E-state index < -0.39 is 12.1 Å². The van der Waals surface area contributed by atoms with E-state index >= 15 is 0 Å². The molecule has 2 N–H and O–H groups in total. The van der Waals surface area contributed by atoms with Crippen molar-refractivity contribution in [1.82, 2.24) is 0 Å². The summed E-state index contributed by atoms with van der Waals surface area (Å²) < 4.78 is 11.0. The van der Waals surface area contributed by atoms with Crippen LogP contribution >= 0.6 is 0 Å². The van der Waals surface area contributed by atoms with Crippen LogP contribution in [0.4, 0.5) is 5.69 Å². The van der Waals surface area contributed by atoms with Crippen molar-refractivity contribution in [3.05, 3.63) is 17.7 Å². The lowest BCUT2D eigenvalue weighted by Gasteiger charge is -2.27. The lowest BCUT2D eigenvalue weighted by Crippen LogP contribution is -2.38. The summed E-state index contributed by atoms with van der Waals surface area (Å²) in [6, 6.07) is 3.03. The van der Waals surface area contributed by atoms with Gasteiger partial charge in [-0.25, -0.2) is 0 Å². The Hall–Kier alpha value is -2.57. The summed E-state index contributed by atoms with van der Waals surface area (Å²) in [5.74, 6) is -0.647. The molecule has 1 aromatic rings. The zero-order valence-electron chi connectivity index (χ0n) is 13.9. The smallest absolute Gasteiger partial charge is 0.303 e. The molecular formula is C17H21NO6. The summed E-state index contributed by atoms with van der Waals surface area (Å²) in [6.45, 7) is 3.99. The second-order valence-corrected chi connectivity index (χ2v) is 6.09. The maximum atomic E-state index is 12.2. The molecular weight excluding hydrogens is 314 g/mol. The Kier molecular flexibility index (Phi) is 5.43. The number of Topliss-reactive ketones (excluding diaryl/α,β-unsaturated/α-hetero) is 1. The van der Waals surface area contributed by atoms with Crippen LogP contribution in [-0.2, 0) is 9.59 Å². The maximum Gasteiger partial charge on any atom is 0.303 e. The number of anilines is 1. The molecule has 1 atom stereocenters. The average molecular weight is 335 g/mol. The van der Waals surface area contributed by atoms with Gasteiger partial charge in [-0.1, -0.05) is 13.8 Å². The standard InChI is InChI=1S/C17H21NO6/c1-9(2)6-15-17(22)18-11-7-10(12(19)4-5-16(20)21)13(23-3)8-14(11)24-15/h7-9,15H,4-6H2,1-3H3,(H,18,22)(H,20,21). The van der Waals surface area contributed by atoms with Gasteiger partial charge in [-0.05, 0) is 18.4 Å². The molecule has 24 heavy (non-hydrogen) atoms. The highest BCUT2D eigenvalue weighted by molar-refractivity contribution is 6.04. The molecule has 7 heteroatoms. The predicted octanol–water partition coefficient (Wildman–Crippen LogP) is 2.49. The molecule has 0 aliphatic carbocycles. The molecule has 1 aromatic carbocycles. The van der Waals surface area contributed by atoms with Crippen LogP contribution < -0.4 is 14.8 Å². The molecule has 0 spiro atoms. The molecule has 1 aliphatic heterocycles. The number of amides is 1. The molecule has 7 nitrogen and oxygen atoms in total. The summed E-state index contributed by atoms with van der Waals surface area (Å²) in [6.07, 6.45) is -0.420. The number of rotatable bonds is 7. The van der Waals surface area contributed by atoms with E-state index in [1.165, 1.54) is 13.2 Å². The quantitative estimate of drug-likeness (QED) is 0.742. The molecule has 1 aliphatic rings. The first-order valence-electron chi connectivity index (χ1n) is 7.76. The summed E-state index contributed by atoms with van der Waals surface area (Å²) in [5.41, 5.74) is 0.614. The van der Waals surface area contributed by atoms with E-state index in [0.717, 1.165) is 0 Å². The van der Waals surface area contributed by atoms with Gasteiger partial charge in [0.15, 0.2) is 11.9 Å². The molecule has 1 unspecified atom stereocenters. The van der Waals surface area contributed by atoms with Gasteiger partial charge < -0.3 is 19.9 Å².